The van der Waals surface area contributed by atoms with Crippen LogP contribution in [0.15, 0.2) is 40.1 Å². The van der Waals surface area contributed by atoms with Gasteiger partial charge in [-0.25, -0.2) is 14.4 Å². The summed E-state index contributed by atoms with van der Waals surface area (Å²) in [5.74, 6) is -1.33. The molecular weight excluding hydrogens is 500 g/mol. The monoisotopic (exact) mass is 518 g/mol. The fourth-order valence-corrected chi connectivity index (χ4v) is 4.82. The summed E-state index contributed by atoms with van der Waals surface area (Å²) in [6.45, 7) is -1.30. The highest BCUT2D eigenvalue weighted by molar-refractivity contribution is 8.14. The van der Waals surface area contributed by atoms with Crippen molar-refractivity contribution in [1.82, 2.24) is 9.97 Å². The molecule has 0 saturated carbocycles. The summed E-state index contributed by atoms with van der Waals surface area (Å²) in [5.41, 5.74) is 6.08. The number of pyridine rings is 2. The lowest BCUT2D eigenvalue weighted by molar-refractivity contribution is -0.128. The summed E-state index contributed by atoms with van der Waals surface area (Å²) in [5, 5.41) is -0.117. The average molecular weight is 519 g/mol. The van der Waals surface area contributed by atoms with E-state index in [1.165, 1.54) is 18.5 Å². The van der Waals surface area contributed by atoms with E-state index in [-0.39, 0.29) is 33.6 Å². The molecule has 0 bridgehead atoms. The van der Waals surface area contributed by atoms with Crippen molar-refractivity contribution in [2.45, 2.75) is 37.2 Å². The Hall–Kier alpha value is -2.14. The Labute approximate surface area is 202 Å². The number of thioether (sulfide) groups is 1. The molecule has 0 amide bonds. The maximum absolute atomic E-state index is 14.4. The van der Waals surface area contributed by atoms with E-state index in [9.17, 15) is 18.0 Å². The van der Waals surface area contributed by atoms with Crippen molar-refractivity contribution in [3.05, 3.63) is 63.4 Å². The number of rotatable bonds is 8. The molecule has 176 valence electrons. The number of alkyl halides is 2. The van der Waals surface area contributed by atoms with Gasteiger partial charge in [0.05, 0.1) is 12.3 Å². The van der Waals surface area contributed by atoms with E-state index in [1.807, 2.05) is 0 Å². The fourth-order valence-electron chi connectivity index (χ4n) is 3.42. The average Bonchev–Trinajstić information content (AvgIpc) is 2.71. The Morgan fingerprint density at radius 3 is 2.82 bits per heavy atom. The molecule has 3 heterocycles. The highest BCUT2D eigenvalue weighted by atomic mass is 35.5. The van der Waals surface area contributed by atoms with Crippen LogP contribution in [0.5, 0.6) is 0 Å². The maximum atomic E-state index is 14.4. The standard InChI is InChI=1S/C21H19Cl2F3N4O2S/c1-21(8-13(10-32-19(25)26)33-20(27)30-21)16-6-11(2-3-28-16)5-15(31)18-14(24)4-12(9-29-18)7-17(22)23/h2-4,6-7,9,13,19H,5,8,10H2,1H3,(H2,27,30)/t13-,21-/m0/s1. The van der Waals surface area contributed by atoms with Crippen LogP contribution in [0.4, 0.5) is 13.2 Å². The van der Waals surface area contributed by atoms with Gasteiger partial charge in [-0.05, 0) is 48.7 Å². The predicted molar refractivity (Wildman–Crippen MR) is 123 cm³/mol. The number of Topliss-reactive ketones (excluding diaryl/α,β-unsaturated/α-hetero) is 1. The van der Waals surface area contributed by atoms with E-state index in [4.69, 9.17) is 28.9 Å². The van der Waals surface area contributed by atoms with Gasteiger partial charge in [0.2, 0.25) is 0 Å². The first-order chi connectivity index (χ1) is 15.6. The molecular formula is C21H19Cl2F3N4O2S. The molecule has 2 aromatic rings. The van der Waals surface area contributed by atoms with E-state index in [2.05, 4.69) is 19.7 Å². The second-order valence-corrected chi connectivity index (χ2v) is 9.77. The molecule has 1 aliphatic rings. The molecule has 3 rings (SSSR count). The molecule has 0 spiro atoms. The van der Waals surface area contributed by atoms with Gasteiger partial charge in [0.25, 0.3) is 0 Å². The van der Waals surface area contributed by atoms with Gasteiger partial charge < -0.3 is 10.5 Å². The van der Waals surface area contributed by atoms with E-state index in [1.54, 1.807) is 19.1 Å². The smallest absolute Gasteiger partial charge is 0.345 e. The number of aliphatic imine (C=N–C) groups is 1. The molecule has 0 saturated heterocycles. The molecule has 1 aliphatic heterocycles. The number of aromatic nitrogens is 2. The van der Waals surface area contributed by atoms with Crippen LogP contribution in [-0.4, -0.2) is 39.4 Å². The van der Waals surface area contributed by atoms with Gasteiger partial charge in [-0.3, -0.25) is 9.78 Å². The quantitative estimate of drug-likeness (QED) is 0.489. The topological polar surface area (TPSA) is 90.5 Å². The molecule has 0 aliphatic carbocycles. The van der Waals surface area contributed by atoms with Crippen molar-refractivity contribution in [1.29, 1.82) is 0 Å². The lowest BCUT2D eigenvalue weighted by Crippen LogP contribution is -2.36. The molecule has 0 unspecified atom stereocenters. The number of carbonyl (C=O) groups is 1. The van der Waals surface area contributed by atoms with Crippen LogP contribution in [0.1, 0.15) is 40.7 Å². The molecule has 2 N–H and O–H groups in total. The van der Waals surface area contributed by atoms with Crippen LogP contribution in [0, 0.1) is 5.82 Å². The summed E-state index contributed by atoms with van der Waals surface area (Å²) >= 11 is 12.3. The van der Waals surface area contributed by atoms with Crippen molar-refractivity contribution < 1.29 is 22.7 Å². The van der Waals surface area contributed by atoms with E-state index in [0.29, 0.717) is 23.2 Å². The zero-order valence-corrected chi connectivity index (χ0v) is 19.6. The van der Waals surface area contributed by atoms with Crippen molar-refractivity contribution in [2.75, 3.05) is 6.61 Å². The van der Waals surface area contributed by atoms with E-state index in [0.717, 1.165) is 17.8 Å². The Balaban J connectivity index is 1.79. The number of hydrogen-bond acceptors (Lipinski definition) is 7. The number of carbonyl (C=O) groups excluding carboxylic acids is 1. The molecule has 0 radical (unpaired) electrons. The second kappa shape index (κ2) is 10.9. The van der Waals surface area contributed by atoms with Crippen LogP contribution >= 0.6 is 35.0 Å². The zero-order chi connectivity index (χ0) is 24.2. The van der Waals surface area contributed by atoms with Crippen molar-refractivity contribution in [3.63, 3.8) is 0 Å². The number of nitrogens with zero attached hydrogens (tertiary/aromatic N) is 3. The van der Waals surface area contributed by atoms with Gasteiger partial charge in [-0.2, -0.15) is 8.78 Å². The Kier molecular flexibility index (Phi) is 8.38. The number of ether oxygens (including phenoxy) is 1. The molecule has 0 fully saturated rings. The highest BCUT2D eigenvalue weighted by Gasteiger charge is 2.36. The SMILES string of the molecule is C[C@@]1(c2cc(CC(=O)c3ncc(C=C(Cl)Cl)cc3F)ccn2)C[C@@H](COC(F)F)SC(N)=N1. The van der Waals surface area contributed by atoms with Crippen LogP contribution in [0.3, 0.4) is 0 Å². The van der Waals surface area contributed by atoms with Crippen LogP contribution in [0.25, 0.3) is 6.08 Å². The van der Waals surface area contributed by atoms with Crippen LogP contribution in [-0.2, 0) is 16.7 Å². The number of halogens is 5. The largest absolute Gasteiger partial charge is 0.379 e. The Morgan fingerprint density at radius 2 is 2.15 bits per heavy atom. The molecule has 2 atom stereocenters. The molecule has 33 heavy (non-hydrogen) atoms. The molecule has 6 nitrogen and oxygen atoms in total. The zero-order valence-electron chi connectivity index (χ0n) is 17.3. The number of amidine groups is 1. The third-order valence-electron chi connectivity index (χ3n) is 4.82. The summed E-state index contributed by atoms with van der Waals surface area (Å²) in [6, 6.07) is 4.40. The molecule has 0 aromatic carbocycles. The third-order valence-corrected chi connectivity index (χ3v) is 6.01. The minimum absolute atomic E-state index is 0.0690. The molecule has 12 heteroatoms. The fraction of sp³-hybridized carbons (Fsp3) is 0.333. The van der Waals surface area contributed by atoms with Gasteiger partial charge >= 0.3 is 6.61 Å². The summed E-state index contributed by atoms with van der Waals surface area (Å²) < 4.78 is 43.6. The van der Waals surface area contributed by atoms with Crippen LogP contribution < -0.4 is 5.73 Å². The first-order valence-corrected chi connectivity index (χ1v) is 11.3. The van der Waals surface area contributed by atoms with Crippen molar-refractivity contribution in [2.24, 2.45) is 10.7 Å². The lowest BCUT2D eigenvalue weighted by Gasteiger charge is -2.33. The van der Waals surface area contributed by atoms with E-state index >= 15 is 0 Å². The first-order valence-electron chi connectivity index (χ1n) is 9.64. The number of hydrogen-bond donors (Lipinski definition) is 1. The third kappa shape index (κ3) is 6.92. The van der Waals surface area contributed by atoms with Crippen molar-refractivity contribution >= 4 is 52.0 Å². The van der Waals surface area contributed by atoms with Crippen LogP contribution in [0.2, 0.25) is 0 Å². The van der Waals surface area contributed by atoms with Gasteiger partial charge in [0.15, 0.2) is 16.8 Å². The van der Waals surface area contributed by atoms with Gasteiger partial charge in [0, 0.05) is 24.1 Å². The van der Waals surface area contributed by atoms with Crippen molar-refractivity contribution in [3.8, 4) is 0 Å². The molecule has 2 aromatic heterocycles. The normalized spacial score (nSPS) is 20.5. The lowest BCUT2D eigenvalue weighted by atomic mass is 9.90. The number of ketones is 1. The highest BCUT2D eigenvalue weighted by Crippen LogP contribution is 2.38. The number of nitrogens with two attached hydrogens (primary N) is 1. The van der Waals surface area contributed by atoms with Gasteiger partial charge in [0.1, 0.15) is 15.7 Å². The maximum Gasteiger partial charge on any atom is 0.345 e. The minimum Gasteiger partial charge on any atom is -0.379 e. The first kappa shape index (κ1) is 25.5. The Bertz CT molecular complexity index is 1100. The van der Waals surface area contributed by atoms with Gasteiger partial charge in [-0.1, -0.05) is 35.0 Å². The summed E-state index contributed by atoms with van der Waals surface area (Å²) in [4.78, 5) is 25.3. The predicted octanol–water partition coefficient (Wildman–Crippen LogP) is 5.09. The minimum atomic E-state index is -2.88. The second-order valence-electron chi connectivity index (χ2n) is 7.44. The Morgan fingerprint density at radius 1 is 1.39 bits per heavy atom. The van der Waals surface area contributed by atoms with Gasteiger partial charge in [-0.15, -0.1) is 0 Å². The summed E-state index contributed by atoms with van der Waals surface area (Å²) in [7, 11) is 0. The summed E-state index contributed by atoms with van der Waals surface area (Å²) in [6.07, 6.45) is 4.31. The van der Waals surface area contributed by atoms with E-state index < -0.39 is 23.8 Å².